The van der Waals surface area contributed by atoms with Gasteiger partial charge < -0.3 is 15.4 Å². The Morgan fingerprint density at radius 2 is 2.00 bits per heavy atom. The van der Waals surface area contributed by atoms with Gasteiger partial charge in [0.15, 0.2) is 0 Å². The standard InChI is InChI=1S/C18H20N2O2/c1-13-11-14-7-8-15(18(19)21)12-17(14)20(9-10-22-13)16-5-3-2-4-6-16/h2-8,12-13H,9-11H2,1H3,(H2,19,21). The van der Waals surface area contributed by atoms with Crippen molar-refractivity contribution in [3.8, 4) is 0 Å². The summed E-state index contributed by atoms with van der Waals surface area (Å²) in [6, 6.07) is 15.8. The number of ether oxygens (including phenoxy) is 1. The number of nitrogens with two attached hydrogens (primary N) is 1. The van der Waals surface area contributed by atoms with Crippen molar-refractivity contribution < 1.29 is 9.53 Å². The molecular weight excluding hydrogens is 276 g/mol. The zero-order valence-corrected chi connectivity index (χ0v) is 12.7. The molecule has 1 aliphatic rings. The fraction of sp³-hybridized carbons (Fsp3) is 0.278. The van der Waals surface area contributed by atoms with Crippen LogP contribution in [0, 0.1) is 0 Å². The minimum absolute atomic E-state index is 0.163. The summed E-state index contributed by atoms with van der Waals surface area (Å²) in [4.78, 5) is 13.7. The van der Waals surface area contributed by atoms with Crippen molar-refractivity contribution >= 4 is 17.3 Å². The van der Waals surface area contributed by atoms with Crippen LogP contribution in [0.25, 0.3) is 0 Å². The van der Waals surface area contributed by atoms with Crippen LogP contribution in [0.4, 0.5) is 11.4 Å². The van der Waals surface area contributed by atoms with Gasteiger partial charge in [0.25, 0.3) is 0 Å². The van der Waals surface area contributed by atoms with Gasteiger partial charge in [0, 0.05) is 29.9 Å². The Kier molecular flexibility index (Phi) is 4.11. The van der Waals surface area contributed by atoms with E-state index in [0.29, 0.717) is 12.2 Å². The third-order valence-electron chi connectivity index (χ3n) is 3.95. The fourth-order valence-electron chi connectivity index (χ4n) is 2.85. The molecule has 2 N–H and O–H groups in total. The average Bonchev–Trinajstić information content (AvgIpc) is 2.51. The first-order valence-corrected chi connectivity index (χ1v) is 7.52. The van der Waals surface area contributed by atoms with Crippen LogP contribution in [0.1, 0.15) is 22.8 Å². The molecule has 0 bridgehead atoms. The molecule has 22 heavy (non-hydrogen) atoms. The number of anilines is 2. The Labute approximate surface area is 130 Å². The lowest BCUT2D eigenvalue weighted by Gasteiger charge is -2.31. The van der Waals surface area contributed by atoms with Gasteiger partial charge in [0.05, 0.1) is 12.7 Å². The van der Waals surface area contributed by atoms with E-state index in [0.717, 1.165) is 24.3 Å². The molecule has 0 aromatic heterocycles. The van der Waals surface area contributed by atoms with Gasteiger partial charge in [-0.2, -0.15) is 0 Å². The molecule has 0 saturated carbocycles. The SMILES string of the molecule is CC1Cc2ccc(C(N)=O)cc2N(c2ccccc2)CCO1. The van der Waals surface area contributed by atoms with Gasteiger partial charge in [-0.05, 0) is 36.8 Å². The summed E-state index contributed by atoms with van der Waals surface area (Å²) in [6.45, 7) is 3.46. The molecule has 1 amide bonds. The Morgan fingerprint density at radius 1 is 1.23 bits per heavy atom. The van der Waals surface area contributed by atoms with E-state index >= 15 is 0 Å². The third-order valence-corrected chi connectivity index (χ3v) is 3.95. The molecule has 0 saturated heterocycles. The highest BCUT2D eigenvalue weighted by Gasteiger charge is 2.20. The average molecular weight is 296 g/mol. The van der Waals surface area contributed by atoms with Crippen molar-refractivity contribution in [2.24, 2.45) is 5.73 Å². The second-order valence-electron chi connectivity index (χ2n) is 5.58. The number of rotatable bonds is 2. The predicted molar refractivity (Wildman–Crippen MR) is 87.5 cm³/mol. The number of para-hydroxylation sites is 1. The zero-order chi connectivity index (χ0) is 15.5. The van der Waals surface area contributed by atoms with Gasteiger partial charge in [-0.3, -0.25) is 4.79 Å². The number of primary amides is 1. The molecule has 1 unspecified atom stereocenters. The number of benzene rings is 2. The van der Waals surface area contributed by atoms with Crippen LogP contribution in [0.3, 0.4) is 0 Å². The molecule has 4 nitrogen and oxygen atoms in total. The minimum atomic E-state index is -0.401. The highest BCUT2D eigenvalue weighted by molar-refractivity contribution is 5.94. The maximum atomic E-state index is 11.5. The number of carbonyl (C=O) groups is 1. The first-order chi connectivity index (χ1) is 10.6. The maximum absolute atomic E-state index is 11.5. The van der Waals surface area contributed by atoms with Crippen molar-refractivity contribution in [1.82, 2.24) is 0 Å². The lowest BCUT2D eigenvalue weighted by atomic mass is 10.0. The van der Waals surface area contributed by atoms with Gasteiger partial charge in [0.1, 0.15) is 0 Å². The third kappa shape index (κ3) is 2.97. The molecule has 1 aliphatic heterocycles. The van der Waals surface area contributed by atoms with Crippen molar-refractivity contribution in [3.05, 3.63) is 59.7 Å². The summed E-state index contributed by atoms with van der Waals surface area (Å²) < 4.78 is 5.84. The second kappa shape index (κ2) is 6.20. The van der Waals surface area contributed by atoms with Crippen LogP contribution >= 0.6 is 0 Å². The fourth-order valence-corrected chi connectivity index (χ4v) is 2.85. The topological polar surface area (TPSA) is 55.6 Å². The van der Waals surface area contributed by atoms with Crippen LogP contribution < -0.4 is 10.6 Å². The summed E-state index contributed by atoms with van der Waals surface area (Å²) in [5, 5.41) is 0. The number of nitrogens with zero attached hydrogens (tertiary/aromatic N) is 1. The molecule has 0 spiro atoms. The molecular formula is C18H20N2O2. The molecule has 4 heteroatoms. The largest absolute Gasteiger partial charge is 0.376 e. The number of hydrogen-bond donors (Lipinski definition) is 1. The van der Waals surface area contributed by atoms with Crippen molar-refractivity contribution in [3.63, 3.8) is 0 Å². The van der Waals surface area contributed by atoms with Gasteiger partial charge in [-0.15, -0.1) is 0 Å². The second-order valence-corrected chi connectivity index (χ2v) is 5.58. The zero-order valence-electron chi connectivity index (χ0n) is 12.7. The highest BCUT2D eigenvalue weighted by atomic mass is 16.5. The first-order valence-electron chi connectivity index (χ1n) is 7.52. The van der Waals surface area contributed by atoms with Crippen molar-refractivity contribution in [2.75, 3.05) is 18.1 Å². The Hall–Kier alpha value is -2.33. The lowest BCUT2D eigenvalue weighted by Crippen LogP contribution is -2.29. The monoisotopic (exact) mass is 296 g/mol. The molecule has 2 aromatic carbocycles. The number of carbonyl (C=O) groups excluding carboxylic acids is 1. The Balaban J connectivity index is 2.10. The molecule has 2 aromatic rings. The summed E-state index contributed by atoms with van der Waals surface area (Å²) >= 11 is 0. The molecule has 1 heterocycles. The van der Waals surface area contributed by atoms with E-state index in [1.54, 1.807) is 6.07 Å². The highest BCUT2D eigenvalue weighted by Crippen LogP contribution is 2.31. The van der Waals surface area contributed by atoms with E-state index in [4.69, 9.17) is 10.5 Å². The molecule has 1 atom stereocenters. The van der Waals surface area contributed by atoms with Gasteiger partial charge in [-0.25, -0.2) is 0 Å². The molecule has 114 valence electrons. The number of hydrogen-bond acceptors (Lipinski definition) is 3. The quantitative estimate of drug-likeness (QED) is 0.927. The predicted octanol–water partition coefficient (Wildman–Crippen LogP) is 2.88. The van der Waals surface area contributed by atoms with Crippen LogP contribution in [0.2, 0.25) is 0 Å². The van der Waals surface area contributed by atoms with Crippen molar-refractivity contribution in [1.29, 1.82) is 0 Å². The van der Waals surface area contributed by atoms with E-state index in [1.807, 2.05) is 30.3 Å². The van der Waals surface area contributed by atoms with Crippen LogP contribution in [0.5, 0.6) is 0 Å². The van der Waals surface area contributed by atoms with E-state index in [1.165, 1.54) is 5.56 Å². The normalized spacial score (nSPS) is 18.2. The number of fused-ring (bicyclic) bond motifs is 1. The van der Waals surface area contributed by atoms with Gasteiger partial charge >= 0.3 is 0 Å². The molecule has 0 fully saturated rings. The van der Waals surface area contributed by atoms with Gasteiger partial charge in [-0.1, -0.05) is 24.3 Å². The Bertz CT molecular complexity index is 670. The van der Waals surface area contributed by atoms with Crippen LogP contribution in [0.15, 0.2) is 48.5 Å². The van der Waals surface area contributed by atoms with Crippen molar-refractivity contribution in [2.45, 2.75) is 19.4 Å². The van der Waals surface area contributed by atoms with E-state index < -0.39 is 5.91 Å². The smallest absolute Gasteiger partial charge is 0.248 e. The van der Waals surface area contributed by atoms with E-state index in [2.05, 4.69) is 24.0 Å². The summed E-state index contributed by atoms with van der Waals surface area (Å²) in [7, 11) is 0. The first kappa shape index (κ1) is 14.6. The molecule has 0 aliphatic carbocycles. The van der Waals surface area contributed by atoms with E-state index in [9.17, 15) is 4.79 Å². The summed E-state index contributed by atoms with van der Waals surface area (Å²) in [5.74, 6) is -0.401. The maximum Gasteiger partial charge on any atom is 0.248 e. The Morgan fingerprint density at radius 3 is 2.73 bits per heavy atom. The minimum Gasteiger partial charge on any atom is -0.376 e. The van der Waals surface area contributed by atoms with Crippen LogP contribution in [-0.4, -0.2) is 25.2 Å². The summed E-state index contributed by atoms with van der Waals surface area (Å²) in [6.07, 6.45) is 0.980. The van der Waals surface area contributed by atoms with Crippen LogP contribution in [-0.2, 0) is 11.2 Å². The summed E-state index contributed by atoms with van der Waals surface area (Å²) in [5.41, 5.74) is 9.28. The lowest BCUT2D eigenvalue weighted by molar-refractivity contribution is 0.0703. The molecule has 3 rings (SSSR count). The number of amides is 1. The van der Waals surface area contributed by atoms with Gasteiger partial charge in [0.2, 0.25) is 5.91 Å². The molecule has 0 radical (unpaired) electrons. The van der Waals surface area contributed by atoms with E-state index in [-0.39, 0.29) is 6.10 Å².